The van der Waals surface area contributed by atoms with Gasteiger partial charge in [0, 0.05) is 11.4 Å². The quantitative estimate of drug-likeness (QED) is 0.673. The van der Waals surface area contributed by atoms with Gasteiger partial charge in [-0.15, -0.1) is 0 Å². The number of benzene rings is 2. The lowest BCUT2D eigenvalue weighted by Gasteiger charge is -2.25. The highest BCUT2D eigenvalue weighted by Crippen LogP contribution is 2.45. The monoisotopic (exact) mass is 353 g/mol. The standard InChI is InChI=1S/C19H16ClN3O2/c20-16-8-6-14(7-9-16)17-10-19(18(24)25-17,11-23-13-21-12-22-23)15-4-2-1-3-5-15/h1-9,12-13,17H,10-11H2. The molecule has 126 valence electrons. The maximum Gasteiger partial charge on any atom is 0.319 e. The molecule has 2 aromatic carbocycles. The number of nitrogens with zero attached hydrogens (tertiary/aromatic N) is 3. The highest BCUT2D eigenvalue weighted by Gasteiger charge is 2.51. The van der Waals surface area contributed by atoms with Gasteiger partial charge in [0.1, 0.15) is 24.2 Å². The fraction of sp³-hybridized carbons (Fsp3) is 0.211. The van der Waals surface area contributed by atoms with E-state index in [9.17, 15) is 4.79 Å². The Hall–Kier alpha value is -2.66. The van der Waals surface area contributed by atoms with E-state index in [2.05, 4.69) is 10.1 Å². The van der Waals surface area contributed by atoms with Crippen LogP contribution < -0.4 is 0 Å². The van der Waals surface area contributed by atoms with Crippen molar-refractivity contribution >= 4 is 17.6 Å². The summed E-state index contributed by atoms with van der Waals surface area (Å²) >= 11 is 5.97. The second-order valence-corrected chi connectivity index (χ2v) is 6.63. The molecule has 25 heavy (non-hydrogen) atoms. The van der Waals surface area contributed by atoms with Crippen LogP contribution in [-0.2, 0) is 21.5 Å². The van der Waals surface area contributed by atoms with Crippen molar-refractivity contribution in [2.24, 2.45) is 0 Å². The molecular weight excluding hydrogens is 338 g/mol. The lowest BCUT2D eigenvalue weighted by atomic mass is 9.77. The lowest BCUT2D eigenvalue weighted by Crippen LogP contribution is -2.36. The van der Waals surface area contributed by atoms with Crippen molar-refractivity contribution in [1.29, 1.82) is 0 Å². The first-order valence-corrected chi connectivity index (χ1v) is 8.40. The third kappa shape index (κ3) is 2.91. The van der Waals surface area contributed by atoms with Crippen molar-refractivity contribution in [2.75, 3.05) is 0 Å². The van der Waals surface area contributed by atoms with E-state index in [1.165, 1.54) is 6.33 Å². The van der Waals surface area contributed by atoms with Crippen LogP contribution in [-0.4, -0.2) is 20.7 Å². The number of esters is 1. The third-order valence-electron chi connectivity index (χ3n) is 4.64. The van der Waals surface area contributed by atoms with Gasteiger partial charge in [-0.1, -0.05) is 54.1 Å². The van der Waals surface area contributed by atoms with Crippen LogP contribution in [0.25, 0.3) is 0 Å². The Labute approximate surface area is 150 Å². The molecule has 1 aromatic heterocycles. The van der Waals surface area contributed by atoms with E-state index in [0.29, 0.717) is 18.0 Å². The predicted octanol–water partition coefficient (Wildman–Crippen LogP) is 3.56. The second kappa shape index (κ2) is 6.33. The topological polar surface area (TPSA) is 57.0 Å². The predicted molar refractivity (Wildman–Crippen MR) is 93.0 cm³/mol. The van der Waals surface area contributed by atoms with E-state index in [0.717, 1.165) is 11.1 Å². The maximum atomic E-state index is 13.0. The minimum Gasteiger partial charge on any atom is -0.457 e. The Balaban J connectivity index is 1.73. The average molecular weight is 354 g/mol. The van der Waals surface area contributed by atoms with Crippen LogP contribution in [0.15, 0.2) is 67.3 Å². The van der Waals surface area contributed by atoms with Gasteiger partial charge in [-0.2, -0.15) is 5.10 Å². The van der Waals surface area contributed by atoms with E-state index >= 15 is 0 Å². The van der Waals surface area contributed by atoms with Gasteiger partial charge < -0.3 is 4.74 Å². The minimum absolute atomic E-state index is 0.242. The molecule has 6 heteroatoms. The molecule has 2 heterocycles. The number of rotatable bonds is 4. The van der Waals surface area contributed by atoms with E-state index in [1.807, 2.05) is 54.6 Å². The maximum absolute atomic E-state index is 13.0. The second-order valence-electron chi connectivity index (χ2n) is 6.19. The Morgan fingerprint density at radius 2 is 1.92 bits per heavy atom. The van der Waals surface area contributed by atoms with Crippen molar-refractivity contribution in [3.63, 3.8) is 0 Å². The average Bonchev–Trinajstić information content (AvgIpc) is 3.26. The largest absolute Gasteiger partial charge is 0.457 e. The molecule has 4 rings (SSSR count). The van der Waals surface area contributed by atoms with Gasteiger partial charge in [-0.25, -0.2) is 4.98 Å². The smallest absolute Gasteiger partial charge is 0.319 e. The molecule has 0 N–H and O–H groups in total. The number of halogens is 1. The number of carbonyl (C=O) groups is 1. The molecule has 1 aliphatic rings. The molecule has 3 aromatic rings. The Bertz CT molecular complexity index is 865. The first-order chi connectivity index (χ1) is 12.2. The van der Waals surface area contributed by atoms with Crippen molar-refractivity contribution in [3.05, 3.63) is 83.4 Å². The van der Waals surface area contributed by atoms with Gasteiger partial charge in [0.2, 0.25) is 0 Å². The highest BCUT2D eigenvalue weighted by atomic mass is 35.5. The summed E-state index contributed by atoms with van der Waals surface area (Å²) < 4.78 is 7.44. The van der Waals surface area contributed by atoms with Gasteiger partial charge in [0.05, 0.1) is 6.54 Å². The number of hydrogen-bond donors (Lipinski definition) is 0. The van der Waals surface area contributed by atoms with Crippen LogP contribution in [0, 0.1) is 0 Å². The van der Waals surface area contributed by atoms with Gasteiger partial charge in [0.15, 0.2) is 0 Å². The number of aromatic nitrogens is 3. The summed E-state index contributed by atoms with van der Waals surface area (Å²) in [6, 6.07) is 17.1. The molecule has 0 aliphatic carbocycles. The zero-order chi connectivity index (χ0) is 17.3. The van der Waals surface area contributed by atoms with Gasteiger partial charge in [-0.3, -0.25) is 9.48 Å². The number of carbonyl (C=O) groups excluding carboxylic acids is 1. The number of ether oxygens (including phenoxy) is 1. The SMILES string of the molecule is O=C1OC(c2ccc(Cl)cc2)CC1(Cn1cncn1)c1ccccc1. The molecule has 0 radical (unpaired) electrons. The molecule has 2 atom stereocenters. The Morgan fingerprint density at radius 1 is 1.16 bits per heavy atom. The molecule has 5 nitrogen and oxygen atoms in total. The third-order valence-corrected chi connectivity index (χ3v) is 4.89. The van der Waals surface area contributed by atoms with Crippen LogP contribution in [0.2, 0.25) is 5.02 Å². The zero-order valence-electron chi connectivity index (χ0n) is 13.4. The van der Waals surface area contributed by atoms with Crippen LogP contribution in [0.4, 0.5) is 0 Å². The molecule has 2 unspecified atom stereocenters. The summed E-state index contributed by atoms with van der Waals surface area (Å²) in [6.45, 7) is 0.389. The first kappa shape index (κ1) is 15.8. The zero-order valence-corrected chi connectivity index (χ0v) is 14.1. The molecule has 1 saturated heterocycles. The van der Waals surface area contributed by atoms with E-state index in [4.69, 9.17) is 16.3 Å². The molecule has 0 bridgehead atoms. The minimum atomic E-state index is -0.792. The fourth-order valence-electron chi connectivity index (χ4n) is 3.35. The summed E-state index contributed by atoms with van der Waals surface area (Å²) in [5.74, 6) is -0.242. The summed E-state index contributed by atoms with van der Waals surface area (Å²) in [4.78, 5) is 16.9. The van der Waals surface area contributed by atoms with Crippen LogP contribution in [0.1, 0.15) is 23.7 Å². The number of hydrogen-bond acceptors (Lipinski definition) is 4. The van der Waals surface area contributed by atoms with Gasteiger partial charge in [0.25, 0.3) is 0 Å². The summed E-state index contributed by atoms with van der Waals surface area (Å²) in [7, 11) is 0. The summed E-state index contributed by atoms with van der Waals surface area (Å²) in [5.41, 5.74) is 1.07. The Kier molecular flexibility index (Phi) is 4.01. The summed E-state index contributed by atoms with van der Waals surface area (Å²) in [6.07, 6.45) is 3.31. The van der Waals surface area contributed by atoms with Crippen molar-refractivity contribution in [1.82, 2.24) is 14.8 Å². The van der Waals surface area contributed by atoms with Crippen LogP contribution in [0.3, 0.4) is 0 Å². The molecule has 0 amide bonds. The summed E-state index contributed by atoms with van der Waals surface area (Å²) in [5, 5.41) is 4.83. The Morgan fingerprint density at radius 3 is 2.60 bits per heavy atom. The van der Waals surface area contributed by atoms with E-state index < -0.39 is 5.41 Å². The van der Waals surface area contributed by atoms with Gasteiger partial charge in [-0.05, 0) is 23.3 Å². The van der Waals surface area contributed by atoms with Crippen molar-refractivity contribution < 1.29 is 9.53 Å². The van der Waals surface area contributed by atoms with Gasteiger partial charge >= 0.3 is 5.97 Å². The lowest BCUT2D eigenvalue weighted by molar-refractivity contribution is -0.146. The highest BCUT2D eigenvalue weighted by molar-refractivity contribution is 6.30. The number of cyclic esters (lactones) is 1. The molecule has 1 fully saturated rings. The van der Waals surface area contributed by atoms with E-state index in [-0.39, 0.29) is 12.1 Å². The fourth-order valence-corrected chi connectivity index (χ4v) is 3.48. The molecule has 0 saturated carbocycles. The van der Waals surface area contributed by atoms with E-state index in [1.54, 1.807) is 11.0 Å². The van der Waals surface area contributed by atoms with Crippen LogP contribution >= 0.6 is 11.6 Å². The molecule has 0 spiro atoms. The first-order valence-electron chi connectivity index (χ1n) is 8.02. The van der Waals surface area contributed by atoms with Crippen molar-refractivity contribution in [2.45, 2.75) is 24.5 Å². The molecular formula is C19H16ClN3O2. The molecule has 1 aliphatic heterocycles. The normalized spacial score (nSPS) is 22.8. The van der Waals surface area contributed by atoms with Crippen LogP contribution in [0.5, 0.6) is 0 Å². The van der Waals surface area contributed by atoms with Crippen molar-refractivity contribution in [3.8, 4) is 0 Å².